The molecular formula is C15H24Cl2N2O2S. The van der Waals surface area contributed by atoms with Gasteiger partial charge in [-0.3, -0.25) is 4.79 Å². The van der Waals surface area contributed by atoms with Crippen molar-refractivity contribution in [1.29, 1.82) is 0 Å². The molecule has 0 aromatic heterocycles. The first-order valence-electron chi connectivity index (χ1n) is 6.92. The fourth-order valence-electron chi connectivity index (χ4n) is 1.81. The van der Waals surface area contributed by atoms with E-state index >= 15 is 0 Å². The van der Waals surface area contributed by atoms with Crippen molar-refractivity contribution in [2.45, 2.75) is 18.9 Å². The van der Waals surface area contributed by atoms with E-state index in [9.17, 15) is 4.79 Å². The number of amides is 1. The molecule has 7 heteroatoms. The van der Waals surface area contributed by atoms with E-state index in [0.717, 1.165) is 17.9 Å². The van der Waals surface area contributed by atoms with Crippen molar-refractivity contribution >= 4 is 41.7 Å². The first kappa shape index (κ1) is 21.4. The van der Waals surface area contributed by atoms with Crippen molar-refractivity contribution < 1.29 is 9.53 Å². The van der Waals surface area contributed by atoms with E-state index in [-0.39, 0.29) is 18.3 Å². The van der Waals surface area contributed by atoms with Gasteiger partial charge >= 0.3 is 0 Å². The lowest BCUT2D eigenvalue weighted by Gasteiger charge is -2.21. The van der Waals surface area contributed by atoms with E-state index < -0.39 is 6.04 Å². The Morgan fingerprint density at radius 1 is 1.50 bits per heavy atom. The zero-order chi connectivity index (χ0) is 15.7. The molecule has 0 heterocycles. The largest absolute Gasteiger partial charge is 0.493 e. The molecule has 0 radical (unpaired) electrons. The maximum atomic E-state index is 12.0. The third-order valence-electron chi connectivity index (χ3n) is 3.03. The molecule has 1 aromatic rings. The normalized spacial score (nSPS) is 11.5. The molecule has 0 aliphatic heterocycles. The molecule has 0 aliphatic carbocycles. The lowest BCUT2D eigenvalue weighted by atomic mass is 10.2. The second kappa shape index (κ2) is 11.9. The summed E-state index contributed by atoms with van der Waals surface area (Å²) in [5.74, 6) is 1.64. The van der Waals surface area contributed by atoms with Gasteiger partial charge in [-0.25, -0.2) is 0 Å². The molecule has 0 aliphatic rings. The molecule has 0 fully saturated rings. The molecule has 22 heavy (non-hydrogen) atoms. The summed E-state index contributed by atoms with van der Waals surface area (Å²) < 4.78 is 5.59. The molecule has 0 saturated carbocycles. The number of nitrogens with two attached hydrogens (primary N) is 1. The van der Waals surface area contributed by atoms with E-state index in [1.165, 1.54) is 0 Å². The van der Waals surface area contributed by atoms with Crippen LogP contribution < -0.4 is 10.5 Å². The van der Waals surface area contributed by atoms with Crippen LogP contribution in [-0.2, 0) is 4.79 Å². The summed E-state index contributed by atoms with van der Waals surface area (Å²) in [6, 6.07) is 6.87. The highest BCUT2D eigenvalue weighted by atomic mass is 35.5. The molecular weight excluding hydrogens is 343 g/mol. The van der Waals surface area contributed by atoms with Crippen molar-refractivity contribution in [2.24, 2.45) is 5.73 Å². The van der Waals surface area contributed by atoms with Crippen molar-refractivity contribution in [3.05, 3.63) is 29.3 Å². The van der Waals surface area contributed by atoms with E-state index in [2.05, 4.69) is 0 Å². The summed E-state index contributed by atoms with van der Waals surface area (Å²) in [6.07, 6.45) is 3.47. The van der Waals surface area contributed by atoms with Crippen LogP contribution in [0.15, 0.2) is 24.3 Å². The van der Waals surface area contributed by atoms with E-state index in [4.69, 9.17) is 22.1 Å². The number of carbonyl (C=O) groups excluding carboxylic acids is 1. The van der Waals surface area contributed by atoms with Crippen molar-refractivity contribution in [2.75, 3.05) is 32.2 Å². The zero-order valence-electron chi connectivity index (χ0n) is 13.0. The minimum atomic E-state index is -0.406. The van der Waals surface area contributed by atoms with Crippen LogP contribution >= 0.6 is 35.8 Å². The summed E-state index contributed by atoms with van der Waals surface area (Å²) in [5.41, 5.74) is 5.87. The van der Waals surface area contributed by atoms with Gasteiger partial charge < -0.3 is 15.4 Å². The molecule has 1 aromatic carbocycles. The average Bonchev–Trinajstić information content (AvgIpc) is 2.48. The Hall–Kier alpha value is -0.620. The summed E-state index contributed by atoms with van der Waals surface area (Å²) >= 11 is 7.58. The van der Waals surface area contributed by atoms with Crippen LogP contribution in [0.2, 0.25) is 5.02 Å². The van der Waals surface area contributed by atoms with Gasteiger partial charge in [-0.05, 0) is 43.0 Å². The van der Waals surface area contributed by atoms with Crippen LogP contribution in [0.5, 0.6) is 5.75 Å². The number of benzene rings is 1. The number of likely N-dealkylation sites (N-methyl/N-ethyl adjacent to an activating group) is 1. The van der Waals surface area contributed by atoms with Gasteiger partial charge in [0.25, 0.3) is 0 Å². The van der Waals surface area contributed by atoms with Crippen LogP contribution in [0, 0.1) is 0 Å². The Kier molecular flexibility index (Phi) is 11.5. The third-order valence-corrected chi connectivity index (χ3v) is 3.91. The molecule has 1 amide bonds. The molecule has 4 nitrogen and oxygen atoms in total. The third kappa shape index (κ3) is 8.13. The summed E-state index contributed by atoms with van der Waals surface area (Å²) in [5, 5.41) is 0.652. The van der Waals surface area contributed by atoms with Gasteiger partial charge in [-0.15, -0.1) is 12.4 Å². The van der Waals surface area contributed by atoms with E-state index in [1.807, 2.05) is 18.4 Å². The highest BCUT2D eigenvalue weighted by Gasteiger charge is 2.16. The van der Waals surface area contributed by atoms with Gasteiger partial charge in [0, 0.05) is 18.6 Å². The maximum Gasteiger partial charge on any atom is 0.239 e. The fourth-order valence-corrected chi connectivity index (χ4v) is 2.48. The van der Waals surface area contributed by atoms with Gasteiger partial charge in [-0.2, -0.15) is 11.8 Å². The Balaban J connectivity index is 0.00000441. The predicted octanol–water partition coefficient (Wildman–Crippen LogP) is 3.07. The maximum absolute atomic E-state index is 12.0. The summed E-state index contributed by atoms with van der Waals surface area (Å²) in [4.78, 5) is 13.7. The topological polar surface area (TPSA) is 55.6 Å². The minimum absolute atomic E-state index is 0. The monoisotopic (exact) mass is 366 g/mol. The standard InChI is InChI=1S/C15H23ClN2O2S.ClH/c1-18(15(19)14(17)7-10-21-2)8-4-9-20-13-6-3-5-12(16)11-13;/h3,5-6,11,14H,4,7-10,17H2,1-2H3;1H/t14-;/m0./s1. The number of rotatable bonds is 9. The van der Waals surface area contributed by atoms with Gasteiger partial charge in [0.1, 0.15) is 5.75 Å². The molecule has 0 spiro atoms. The SMILES string of the molecule is CSCC[C@H](N)C(=O)N(C)CCCOc1cccc(Cl)c1.Cl. The highest BCUT2D eigenvalue weighted by Crippen LogP contribution is 2.17. The number of halogens is 2. The minimum Gasteiger partial charge on any atom is -0.493 e. The summed E-state index contributed by atoms with van der Waals surface area (Å²) in [6.45, 7) is 1.17. The first-order valence-corrected chi connectivity index (χ1v) is 8.69. The van der Waals surface area contributed by atoms with Crippen LogP contribution in [0.4, 0.5) is 0 Å². The second-order valence-electron chi connectivity index (χ2n) is 4.81. The van der Waals surface area contributed by atoms with Gasteiger partial charge in [0.15, 0.2) is 0 Å². The molecule has 0 unspecified atom stereocenters. The smallest absolute Gasteiger partial charge is 0.239 e. The predicted molar refractivity (Wildman–Crippen MR) is 97.4 cm³/mol. The highest BCUT2D eigenvalue weighted by molar-refractivity contribution is 7.98. The fraction of sp³-hybridized carbons (Fsp3) is 0.533. The van der Waals surface area contributed by atoms with Crippen LogP contribution in [0.25, 0.3) is 0 Å². The Morgan fingerprint density at radius 3 is 2.86 bits per heavy atom. The molecule has 1 atom stereocenters. The van der Waals surface area contributed by atoms with Crippen LogP contribution in [0.3, 0.4) is 0 Å². The number of hydrogen-bond acceptors (Lipinski definition) is 4. The lowest BCUT2D eigenvalue weighted by Crippen LogP contribution is -2.42. The van der Waals surface area contributed by atoms with Crippen LogP contribution in [0.1, 0.15) is 12.8 Å². The number of hydrogen-bond donors (Lipinski definition) is 1. The quantitative estimate of drug-likeness (QED) is 0.682. The number of ether oxygens (including phenoxy) is 1. The Bertz CT molecular complexity index is 449. The average molecular weight is 367 g/mol. The van der Waals surface area contributed by atoms with E-state index in [0.29, 0.717) is 24.6 Å². The Morgan fingerprint density at radius 2 is 2.23 bits per heavy atom. The number of nitrogens with zero attached hydrogens (tertiary/aromatic N) is 1. The second-order valence-corrected chi connectivity index (χ2v) is 6.23. The summed E-state index contributed by atoms with van der Waals surface area (Å²) in [7, 11) is 1.78. The van der Waals surface area contributed by atoms with Crippen molar-refractivity contribution in [3.63, 3.8) is 0 Å². The van der Waals surface area contributed by atoms with Gasteiger partial charge in [0.05, 0.1) is 12.6 Å². The number of thioether (sulfide) groups is 1. The van der Waals surface area contributed by atoms with Crippen LogP contribution in [-0.4, -0.2) is 49.1 Å². The van der Waals surface area contributed by atoms with Crippen molar-refractivity contribution in [3.8, 4) is 5.75 Å². The lowest BCUT2D eigenvalue weighted by molar-refractivity contribution is -0.131. The van der Waals surface area contributed by atoms with E-state index in [1.54, 1.807) is 35.8 Å². The molecule has 0 saturated heterocycles. The molecule has 126 valence electrons. The van der Waals surface area contributed by atoms with Crippen molar-refractivity contribution in [1.82, 2.24) is 4.90 Å². The van der Waals surface area contributed by atoms with Gasteiger partial charge in [0.2, 0.25) is 5.91 Å². The Labute approximate surface area is 148 Å². The molecule has 2 N–H and O–H groups in total. The molecule has 1 rings (SSSR count). The van der Waals surface area contributed by atoms with Gasteiger partial charge in [-0.1, -0.05) is 17.7 Å². The zero-order valence-corrected chi connectivity index (χ0v) is 15.3. The number of carbonyl (C=O) groups is 1. The molecule has 0 bridgehead atoms. The first-order chi connectivity index (χ1) is 10.0.